The molecule has 0 spiro atoms. The van der Waals surface area contributed by atoms with Gasteiger partial charge >= 0.3 is 12.1 Å². The number of rotatable bonds is 4. The lowest BCUT2D eigenvalue weighted by molar-refractivity contribution is -0.137. The third-order valence-corrected chi connectivity index (χ3v) is 4.59. The Balaban J connectivity index is 1.79. The Kier molecular flexibility index (Phi) is 5.50. The number of hydrogen-bond acceptors (Lipinski definition) is 6. The number of amides is 1. The van der Waals surface area contributed by atoms with Gasteiger partial charge in [0.15, 0.2) is 5.69 Å². The number of ether oxygens (including phenoxy) is 1. The van der Waals surface area contributed by atoms with Crippen molar-refractivity contribution in [3.63, 3.8) is 0 Å². The minimum Gasteiger partial charge on any atom is -0.465 e. The zero-order valence-corrected chi connectivity index (χ0v) is 15.5. The summed E-state index contributed by atoms with van der Waals surface area (Å²) in [7, 11) is 1.20. The van der Waals surface area contributed by atoms with Crippen LogP contribution in [0, 0.1) is 0 Å². The maximum atomic E-state index is 12.8. The first kappa shape index (κ1) is 20.3. The van der Waals surface area contributed by atoms with Crippen molar-refractivity contribution in [2.24, 2.45) is 0 Å². The van der Waals surface area contributed by atoms with Crippen LogP contribution in [-0.4, -0.2) is 34.7 Å². The van der Waals surface area contributed by atoms with E-state index in [-0.39, 0.29) is 21.8 Å². The van der Waals surface area contributed by atoms with Gasteiger partial charge in [0.2, 0.25) is 0 Å². The van der Waals surface area contributed by atoms with Gasteiger partial charge in [0.1, 0.15) is 5.00 Å². The van der Waals surface area contributed by atoms with Crippen LogP contribution in [0.1, 0.15) is 36.8 Å². The number of esters is 1. The third kappa shape index (κ3) is 4.35. The molecular weight excluding hydrogens is 411 g/mol. The molecule has 1 N–H and O–H groups in total. The van der Waals surface area contributed by atoms with Gasteiger partial charge in [-0.05, 0) is 35.7 Å². The summed E-state index contributed by atoms with van der Waals surface area (Å²) in [4.78, 5) is 36.4. The fourth-order valence-corrected chi connectivity index (χ4v) is 3.13. The van der Waals surface area contributed by atoms with E-state index in [0.717, 1.165) is 34.3 Å². The van der Waals surface area contributed by atoms with Gasteiger partial charge in [-0.1, -0.05) is 6.07 Å². The van der Waals surface area contributed by atoms with Crippen LogP contribution in [0.25, 0.3) is 0 Å². The first-order valence-electron chi connectivity index (χ1n) is 7.95. The molecule has 0 saturated heterocycles. The van der Waals surface area contributed by atoms with Gasteiger partial charge in [-0.2, -0.15) is 18.3 Å². The van der Waals surface area contributed by atoms with Crippen LogP contribution in [0.2, 0.25) is 0 Å². The van der Waals surface area contributed by atoms with E-state index in [0.29, 0.717) is 6.07 Å². The summed E-state index contributed by atoms with van der Waals surface area (Å²) in [6, 6.07) is 6.58. The maximum absolute atomic E-state index is 12.8. The fourth-order valence-electron chi connectivity index (χ4n) is 2.36. The number of halogens is 3. The summed E-state index contributed by atoms with van der Waals surface area (Å²) in [5.41, 5.74) is -1.21. The van der Waals surface area contributed by atoms with E-state index >= 15 is 0 Å². The maximum Gasteiger partial charge on any atom is 0.416 e. The van der Waals surface area contributed by atoms with Crippen molar-refractivity contribution in [3.8, 4) is 0 Å². The van der Waals surface area contributed by atoms with E-state index in [1.165, 1.54) is 25.3 Å². The monoisotopic (exact) mass is 423 g/mol. The molecule has 1 aromatic carbocycles. The standard InChI is InChI=1S/C18H12F3N3O4S/c1-28-17(27)12-6-8-29-15(12)22-14(25)13-5-7-24(23-13)16(26)10-3-2-4-11(9-10)18(19,20)21/h2-9H,1H3,(H,22,25). The molecule has 0 radical (unpaired) electrons. The van der Waals surface area contributed by atoms with E-state index in [1.807, 2.05) is 0 Å². The number of alkyl halides is 3. The Bertz CT molecular complexity index is 1090. The molecule has 0 aliphatic rings. The number of hydrogen-bond donors (Lipinski definition) is 1. The molecular formula is C18H12F3N3O4S. The molecule has 2 heterocycles. The molecule has 3 aromatic rings. The highest BCUT2D eigenvalue weighted by Crippen LogP contribution is 2.29. The van der Waals surface area contributed by atoms with Gasteiger partial charge in [-0.15, -0.1) is 11.3 Å². The molecule has 1 amide bonds. The van der Waals surface area contributed by atoms with Crippen LogP contribution in [0.3, 0.4) is 0 Å². The van der Waals surface area contributed by atoms with E-state index in [2.05, 4.69) is 15.2 Å². The van der Waals surface area contributed by atoms with Crippen molar-refractivity contribution in [2.45, 2.75) is 6.18 Å². The molecule has 2 aromatic heterocycles. The van der Waals surface area contributed by atoms with Gasteiger partial charge in [0.05, 0.1) is 18.2 Å². The minimum atomic E-state index is -4.59. The molecule has 0 bridgehead atoms. The van der Waals surface area contributed by atoms with Crippen molar-refractivity contribution < 1.29 is 32.3 Å². The Hall–Kier alpha value is -3.47. The normalized spacial score (nSPS) is 11.2. The number of anilines is 1. The van der Waals surface area contributed by atoms with Crippen molar-refractivity contribution >= 4 is 34.1 Å². The smallest absolute Gasteiger partial charge is 0.416 e. The second kappa shape index (κ2) is 7.87. The van der Waals surface area contributed by atoms with Crippen LogP contribution >= 0.6 is 11.3 Å². The predicted molar refractivity (Wildman–Crippen MR) is 97.0 cm³/mol. The summed E-state index contributed by atoms with van der Waals surface area (Å²) in [6.45, 7) is 0. The lowest BCUT2D eigenvalue weighted by Gasteiger charge is -2.08. The number of benzene rings is 1. The summed E-state index contributed by atoms with van der Waals surface area (Å²) in [6.07, 6.45) is -3.43. The number of carbonyl (C=O) groups is 3. The number of nitrogens with zero attached hydrogens (tertiary/aromatic N) is 2. The average Bonchev–Trinajstić information content (AvgIpc) is 3.36. The quantitative estimate of drug-likeness (QED) is 0.647. The van der Waals surface area contributed by atoms with Crippen molar-refractivity contribution in [1.29, 1.82) is 0 Å². The lowest BCUT2D eigenvalue weighted by atomic mass is 10.1. The molecule has 0 atom stereocenters. The molecule has 7 nitrogen and oxygen atoms in total. The minimum absolute atomic E-state index is 0.158. The summed E-state index contributed by atoms with van der Waals surface area (Å²) >= 11 is 1.09. The first-order chi connectivity index (χ1) is 13.7. The number of carbonyl (C=O) groups excluding carboxylic acids is 3. The van der Waals surface area contributed by atoms with Gasteiger partial charge in [0, 0.05) is 11.8 Å². The van der Waals surface area contributed by atoms with Crippen molar-refractivity contribution in [2.75, 3.05) is 12.4 Å². The van der Waals surface area contributed by atoms with E-state index < -0.39 is 29.5 Å². The van der Waals surface area contributed by atoms with Gasteiger partial charge in [0.25, 0.3) is 11.8 Å². The van der Waals surface area contributed by atoms with E-state index in [4.69, 9.17) is 0 Å². The number of nitrogens with one attached hydrogen (secondary N) is 1. The molecule has 0 aliphatic heterocycles. The lowest BCUT2D eigenvalue weighted by Crippen LogP contribution is -2.18. The molecule has 3 rings (SSSR count). The van der Waals surface area contributed by atoms with E-state index in [9.17, 15) is 27.6 Å². The van der Waals surface area contributed by atoms with Crippen LogP contribution in [0.4, 0.5) is 18.2 Å². The second-order valence-corrected chi connectivity index (χ2v) is 6.55. The van der Waals surface area contributed by atoms with Crippen molar-refractivity contribution in [1.82, 2.24) is 9.78 Å². The SMILES string of the molecule is COC(=O)c1ccsc1NC(=O)c1ccn(C(=O)c2cccc(C(F)(F)F)c2)n1. The summed E-state index contributed by atoms with van der Waals surface area (Å²) in [5.74, 6) is -2.17. The van der Waals surface area contributed by atoms with Crippen molar-refractivity contribution in [3.05, 3.63) is 70.4 Å². The summed E-state index contributed by atoms with van der Waals surface area (Å²) in [5, 5.41) is 8.12. The third-order valence-electron chi connectivity index (χ3n) is 3.76. The zero-order valence-electron chi connectivity index (χ0n) is 14.7. The molecule has 11 heteroatoms. The molecule has 0 aliphatic carbocycles. The van der Waals surface area contributed by atoms with Crippen LogP contribution in [0.5, 0.6) is 0 Å². The highest BCUT2D eigenvalue weighted by molar-refractivity contribution is 7.14. The van der Waals surface area contributed by atoms with Crippen LogP contribution in [0.15, 0.2) is 48.0 Å². The highest BCUT2D eigenvalue weighted by atomic mass is 32.1. The largest absolute Gasteiger partial charge is 0.465 e. The predicted octanol–water partition coefficient (Wildman–Crippen LogP) is 3.69. The first-order valence-corrected chi connectivity index (χ1v) is 8.83. The Morgan fingerprint density at radius 2 is 1.93 bits per heavy atom. The summed E-state index contributed by atoms with van der Waals surface area (Å²) < 4.78 is 43.8. The number of methoxy groups -OCH3 is 1. The highest BCUT2D eigenvalue weighted by Gasteiger charge is 2.31. The Labute approximate surface area is 165 Å². The molecule has 0 unspecified atom stereocenters. The number of thiophene rings is 1. The zero-order chi connectivity index (χ0) is 21.2. The second-order valence-electron chi connectivity index (χ2n) is 5.64. The molecule has 150 valence electrons. The number of aromatic nitrogens is 2. The molecule has 0 saturated carbocycles. The Morgan fingerprint density at radius 1 is 1.17 bits per heavy atom. The topological polar surface area (TPSA) is 90.3 Å². The average molecular weight is 423 g/mol. The van der Waals surface area contributed by atoms with Crippen LogP contribution in [-0.2, 0) is 10.9 Å². The van der Waals surface area contributed by atoms with Gasteiger partial charge < -0.3 is 10.1 Å². The molecule has 0 fully saturated rings. The van der Waals surface area contributed by atoms with E-state index in [1.54, 1.807) is 5.38 Å². The van der Waals surface area contributed by atoms with Gasteiger partial charge in [-0.25, -0.2) is 9.48 Å². The fraction of sp³-hybridized carbons (Fsp3) is 0.111. The van der Waals surface area contributed by atoms with Crippen LogP contribution < -0.4 is 5.32 Å². The Morgan fingerprint density at radius 3 is 2.62 bits per heavy atom. The van der Waals surface area contributed by atoms with Gasteiger partial charge in [-0.3, -0.25) is 9.59 Å². The molecule has 29 heavy (non-hydrogen) atoms.